The van der Waals surface area contributed by atoms with Crippen LogP contribution in [0.4, 0.5) is 5.69 Å². The third-order valence-electron chi connectivity index (χ3n) is 7.10. The predicted octanol–water partition coefficient (Wildman–Crippen LogP) is 5.79. The Kier molecular flexibility index (Phi) is 10.4. The van der Waals surface area contributed by atoms with E-state index in [2.05, 4.69) is 5.32 Å². The first-order chi connectivity index (χ1) is 18.8. The maximum absolute atomic E-state index is 14.1. The van der Waals surface area contributed by atoms with Crippen molar-refractivity contribution in [1.82, 2.24) is 10.2 Å². The summed E-state index contributed by atoms with van der Waals surface area (Å²) >= 11 is 6.29. The Hall–Kier alpha value is -3.36. The van der Waals surface area contributed by atoms with Gasteiger partial charge < -0.3 is 10.2 Å². The van der Waals surface area contributed by atoms with E-state index in [4.69, 9.17) is 11.6 Å². The summed E-state index contributed by atoms with van der Waals surface area (Å²) in [4.78, 5) is 28.8. The molecule has 0 aromatic heterocycles. The zero-order chi connectivity index (χ0) is 29.6. The Balaban J connectivity index is 2.08. The number of benzene rings is 3. The van der Waals surface area contributed by atoms with Gasteiger partial charge in [0.2, 0.25) is 11.8 Å². The summed E-state index contributed by atoms with van der Waals surface area (Å²) in [5, 5.41) is 3.29. The van der Waals surface area contributed by atoms with Crippen molar-refractivity contribution in [3.8, 4) is 0 Å². The van der Waals surface area contributed by atoms with Gasteiger partial charge in [0, 0.05) is 17.6 Å². The molecular weight excluding hydrogens is 546 g/mol. The summed E-state index contributed by atoms with van der Waals surface area (Å²) in [6.07, 6.45) is 0.737. The molecular formula is C31H38ClN3O4S. The highest BCUT2D eigenvalue weighted by Gasteiger charge is 2.33. The maximum atomic E-state index is 14.1. The van der Waals surface area contributed by atoms with Crippen molar-refractivity contribution >= 4 is 39.1 Å². The molecule has 0 aliphatic carbocycles. The normalized spacial score (nSPS) is 12.9. The Labute approximate surface area is 243 Å². The quantitative estimate of drug-likeness (QED) is 0.309. The number of amides is 2. The second-order valence-corrected chi connectivity index (χ2v) is 12.5. The van der Waals surface area contributed by atoms with Gasteiger partial charge in [-0.3, -0.25) is 13.9 Å². The average Bonchev–Trinajstić information content (AvgIpc) is 2.92. The van der Waals surface area contributed by atoms with E-state index in [9.17, 15) is 18.0 Å². The van der Waals surface area contributed by atoms with E-state index in [1.54, 1.807) is 44.2 Å². The zero-order valence-corrected chi connectivity index (χ0v) is 25.5. The molecule has 1 N–H and O–H groups in total. The molecule has 3 aromatic rings. The zero-order valence-electron chi connectivity index (χ0n) is 23.9. The molecule has 2 amide bonds. The molecule has 40 heavy (non-hydrogen) atoms. The molecule has 0 heterocycles. The molecule has 3 rings (SSSR count). The van der Waals surface area contributed by atoms with Gasteiger partial charge in [-0.1, -0.05) is 66.6 Å². The van der Waals surface area contributed by atoms with E-state index in [0.29, 0.717) is 16.3 Å². The van der Waals surface area contributed by atoms with E-state index >= 15 is 0 Å². The van der Waals surface area contributed by atoms with Gasteiger partial charge in [-0.05, 0) is 82.0 Å². The van der Waals surface area contributed by atoms with Crippen LogP contribution in [0.25, 0.3) is 0 Å². The first-order valence-corrected chi connectivity index (χ1v) is 15.2. The third-order valence-corrected chi connectivity index (χ3v) is 9.11. The summed E-state index contributed by atoms with van der Waals surface area (Å²) in [5.41, 5.74) is 3.68. The lowest BCUT2D eigenvalue weighted by molar-refractivity contribution is -0.139. The van der Waals surface area contributed by atoms with Crippen LogP contribution in [0.2, 0.25) is 5.02 Å². The van der Waals surface area contributed by atoms with Crippen LogP contribution >= 0.6 is 11.6 Å². The van der Waals surface area contributed by atoms with Crippen LogP contribution in [0.5, 0.6) is 0 Å². The molecule has 0 unspecified atom stereocenters. The number of nitrogens with zero attached hydrogens (tertiary/aromatic N) is 2. The van der Waals surface area contributed by atoms with Crippen molar-refractivity contribution in [3.63, 3.8) is 0 Å². The topological polar surface area (TPSA) is 86.8 Å². The number of rotatable bonds is 11. The van der Waals surface area contributed by atoms with Gasteiger partial charge in [-0.15, -0.1) is 0 Å². The van der Waals surface area contributed by atoms with Crippen molar-refractivity contribution in [2.24, 2.45) is 0 Å². The van der Waals surface area contributed by atoms with Gasteiger partial charge in [-0.2, -0.15) is 0 Å². The van der Waals surface area contributed by atoms with Crippen LogP contribution < -0.4 is 9.62 Å². The second kappa shape index (κ2) is 13.3. The fraction of sp³-hybridized carbons (Fsp3) is 0.355. The molecule has 0 aliphatic rings. The summed E-state index contributed by atoms with van der Waals surface area (Å²) < 4.78 is 29.1. The molecule has 0 radical (unpaired) electrons. The molecule has 2 atom stereocenters. The summed E-state index contributed by atoms with van der Waals surface area (Å²) in [5.74, 6) is -0.812. The van der Waals surface area contributed by atoms with Gasteiger partial charge in [0.05, 0.1) is 10.6 Å². The van der Waals surface area contributed by atoms with E-state index in [0.717, 1.165) is 27.4 Å². The van der Waals surface area contributed by atoms with Crippen molar-refractivity contribution in [3.05, 3.63) is 94.0 Å². The fourth-order valence-corrected chi connectivity index (χ4v) is 5.86. The third kappa shape index (κ3) is 7.43. The fourth-order valence-electron chi connectivity index (χ4n) is 4.22. The Morgan fingerprint density at radius 1 is 0.925 bits per heavy atom. The van der Waals surface area contributed by atoms with Crippen LogP contribution in [-0.4, -0.2) is 43.8 Å². The van der Waals surface area contributed by atoms with Crippen LogP contribution in [-0.2, 0) is 26.2 Å². The highest BCUT2D eigenvalue weighted by Crippen LogP contribution is 2.30. The Morgan fingerprint density at radius 2 is 1.57 bits per heavy atom. The predicted molar refractivity (Wildman–Crippen MR) is 161 cm³/mol. The molecule has 0 aliphatic heterocycles. The minimum atomic E-state index is -4.16. The second-order valence-electron chi connectivity index (χ2n) is 10.2. The summed E-state index contributed by atoms with van der Waals surface area (Å²) in [7, 11) is -4.16. The number of aryl methyl sites for hydroxylation is 3. The van der Waals surface area contributed by atoms with Crippen molar-refractivity contribution in [1.29, 1.82) is 0 Å². The molecule has 7 nitrogen and oxygen atoms in total. The standard InChI is InChI=1S/C31H38ClN3O4S/c1-7-24(5)33-31(37)25(6)34(19-26-11-9-8-10-22(26)3)30(36)20-35(29-18-27(32)15-14-23(29)4)40(38,39)28-16-12-21(2)13-17-28/h8-18,24-25H,7,19-20H2,1-6H3,(H,33,37)/t24-,25-/m0/s1. The van der Waals surface area contributed by atoms with Crippen molar-refractivity contribution in [2.45, 2.75) is 71.5 Å². The van der Waals surface area contributed by atoms with Crippen molar-refractivity contribution < 1.29 is 18.0 Å². The Morgan fingerprint density at radius 3 is 2.20 bits per heavy atom. The molecule has 9 heteroatoms. The molecule has 0 saturated heterocycles. The monoisotopic (exact) mass is 583 g/mol. The van der Waals surface area contributed by atoms with E-state index < -0.39 is 28.5 Å². The highest BCUT2D eigenvalue weighted by atomic mass is 35.5. The largest absolute Gasteiger partial charge is 0.352 e. The lowest BCUT2D eigenvalue weighted by Crippen LogP contribution is -2.52. The molecule has 0 bridgehead atoms. The van der Waals surface area contributed by atoms with Crippen molar-refractivity contribution in [2.75, 3.05) is 10.8 Å². The molecule has 0 saturated carbocycles. The number of hydrogen-bond donors (Lipinski definition) is 1. The molecule has 3 aromatic carbocycles. The molecule has 214 valence electrons. The number of nitrogens with one attached hydrogen (secondary N) is 1. The van der Waals surface area contributed by atoms with E-state index in [1.165, 1.54) is 17.0 Å². The maximum Gasteiger partial charge on any atom is 0.264 e. The number of hydrogen-bond acceptors (Lipinski definition) is 4. The number of carbonyl (C=O) groups excluding carboxylic acids is 2. The van der Waals surface area contributed by atoms with Gasteiger partial charge in [0.1, 0.15) is 12.6 Å². The number of carbonyl (C=O) groups is 2. The number of halogens is 1. The minimum absolute atomic E-state index is 0.0540. The van der Waals surface area contributed by atoms with Gasteiger partial charge in [0.15, 0.2) is 0 Å². The van der Waals surface area contributed by atoms with Gasteiger partial charge in [-0.25, -0.2) is 8.42 Å². The van der Waals surface area contributed by atoms with E-state index in [1.807, 2.05) is 52.0 Å². The van der Waals surface area contributed by atoms with Crippen LogP contribution in [0.3, 0.4) is 0 Å². The van der Waals surface area contributed by atoms with Gasteiger partial charge >= 0.3 is 0 Å². The van der Waals surface area contributed by atoms with Crippen LogP contribution in [0.1, 0.15) is 49.4 Å². The summed E-state index contributed by atoms with van der Waals surface area (Å²) in [6.45, 7) is 10.7. The molecule has 0 spiro atoms. The first kappa shape index (κ1) is 31.2. The van der Waals surface area contributed by atoms with Crippen LogP contribution in [0, 0.1) is 20.8 Å². The average molecular weight is 584 g/mol. The van der Waals surface area contributed by atoms with E-state index in [-0.39, 0.29) is 23.4 Å². The number of sulfonamides is 1. The lowest BCUT2D eigenvalue weighted by atomic mass is 10.1. The van der Waals surface area contributed by atoms with Gasteiger partial charge in [0.25, 0.3) is 10.0 Å². The SMILES string of the molecule is CC[C@H](C)NC(=O)[C@H](C)N(Cc1ccccc1C)C(=O)CN(c1cc(Cl)ccc1C)S(=O)(=O)c1ccc(C)cc1. The summed E-state index contributed by atoms with van der Waals surface area (Å²) in [6, 6.07) is 18.1. The Bertz CT molecular complexity index is 1460. The number of anilines is 1. The van der Waals surface area contributed by atoms with Crippen LogP contribution in [0.15, 0.2) is 71.6 Å². The minimum Gasteiger partial charge on any atom is -0.352 e. The first-order valence-electron chi connectivity index (χ1n) is 13.3. The lowest BCUT2D eigenvalue weighted by Gasteiger charge is -2.33. The smallest absolute Gasteiger partial charge is 0.264 e. The molecule has 0 fully saturated rings. The highest BCUT2D eigenvalue weighted by molar-refractivity contribution is 7.92.